The maximum atomic E-state index is 13.1. The van der Waals surface area contributed by atoms with Crippen molar-refractivity contribution in [1.82, 2.24) is 16.0 Å². The predicted octanol–water partition coefficient (Wildman–Crippen LogP) is -0.805. The fourth-order valence-corrected chi connectivity index (χ4v) is 5.17. The number of nitrogens with one attached hydrogen (secondary N) is 3. The molecule has 9 nitrogen and oxygen atoms in total. The third-order valence-electron chi connectivity index (χ3n) is 6.93. The van der Waals surface area contributed by atoms with E-state index in [9.17, 15) is 19.7 Å². The molecule has 9 atom stereocenters. The van der Waals surface area contributed by atoms with Gasteiger partial charge in [-0.15, -0.1) is 0 Å². The minimum Gasteiger partial charge on any atom is -0.390 e. The molecule has 2 aliphatic heterocycles. The number of fused-ring (bicyclic) bond motifs is 2. The first-order valence-corrected chi connectivity index (χ1v) is 11.1. The largest absolute Gasteiger partial charge is 0.390 e. The summed E-state index contributed by atoms with van der Waals surface area (Å²) in [4.78, 5) is 0. The summed E-state index contributed by atoms with van der Waals surface area (Å²) in [7, 11) is 3.48. The van der Waals surface area contributed by atoms with Crippen LogP contribution in [-0.2, 0) is 20.8 Å². The molecule has 32 heavy (non-hydrogen) atoms. The van der Waals surface area contributed by atoms with E-state index in [1.807, 2.05) is 0 Å². The maximum Gasteiger partial charge on any atom is 0.249 e. The zero-order chi connectivity index (χ0) is 23.1. The first-order valence-electron chi connectivity index (χ1n) is 11.1. The van der Waals surface area contributed by atoms with E-state index in [0.717, 1.165) is 5.56 Å². The molecule has 1 aliphatic carbocycles. The van der Waals surface area contributed by atoms with Crippen LogP contribution in [0.25, 0.3) is 0 Å². The van der Waals surface area contributed by atoms with Gasteiger partial charge in [0.05, 0.1) is 24.4 Å². The zero-order valence-electron chi connectivity index (χ0n) is 18.6. The molecule has 0 unspecified atom stereocenters. The molecule has 0 bridgehead atoms. The lowest BCUT2D eigenvalue weighted by atomic mass is 9.79. The highest BCUT2D eigenvalue weighted by Gasteiger charge is 2.67. The van der Waals surface area contributed by atoms with Crippen LogP contribution in [0.15, 0.2) is 24.3 Å². The van der Waals surface area contributed by atoms with E-state index in [1.54, 1.807) is 33.2 Å². The van der Waals surface area contributed by atoms with Gasteiger partial charge in [0.15, 0.2) is 0 Å². The number of aliphatic hydroxyl groups excluding tert-OH is 1. The second-order valence-corrected chi connectivity index (χ2v) is 9.13. The fraction of sp³-hybridized carbons (Fsp3) is 0.727. The number of rotatable bonds is 6. The zero-order valence-corrected chi connectivity index (χ0v) is 18.6. The summed E-state index contributed by atoms with van der Waals surface area (Å²) < 4.78 is 31.3. The normalized spacial score (nSPS) is 44.0. The van der Waals surface area contributed by atoms with E-state index in [0.29, 0.717) is 13.0 Å². The summed E-state index contributed by atoms with van der Waals surface area (Å²) in [5, 5.41) is 43.2. The topological polar surface area (TPSA) is 124 Å². The van der Waals surface area contributed by atoms with E-state index in [1.165, 1.54) is 12.1 Å². The first kappa shape index (κ1) is 23.9. The van der Waals surface area contributed by atoms with Gasteiger partial charge in [0.25, 0.3) is 0 Å². The molecule has 0 aromatic heterocycles. The lowest BCUT2D eigenvalue weighted by Gasteiger charge is -2.59. The van der Waals surface area contributed by atoms with Gasteiger partial charge < -0.3 is 45.5 Å². The van der Waals surface area contributed by atoms with Crippen LogP contribution in [-0.4, -0.2) is 90.1 Å². The van der Waals surface area contributed by atoms with Crippen LogP contribution in [0.2, 0.25) is 0 Å². The van der Waals surface area contributed by atoms with Crippen LogP contribution < -0.4 is 16.0 Å². The lowest BCUT2D eigenvalue weighted by Crippen LogP contribution is -2.79. The highest BCUT2D eigenvalue weighted by molar-refractivity contribution is 5.16. The van der Waals surface area contributed by atoms with Crippen LogP contribution in [0.5, 0.6) is 0 Å². The highest BCUT2D eigenvalue weighted by Crippen LogP contribution is 2.46. The molecule has 6 N–H and O–H groups in total. The van der Waals surface area contributed by atoms with Gasteiger partial charge >= 0.3 is 0 Å². The number of ether oxygens (including phenoxy) is 3. The summed E-state index contributed by atoms with van der Waals surface area (Å²) in [6, 6.07) is 5.30. The number of halogens is 1. The Morgan fingerprint density at radius 3 is 2.50 bits per heavy atom. The third-order valence-corrected chi connectivity index (χ3v) is 6.93. The van der Waals surface area contributed by atoms with Crippen molar-refractivity contribution < 1.29 is 33.9 Å². The van der Waals surface area contributed by atoms with Crippen molar-refractivity contribution in [2.24, 2.45) is 0 Å². The van der Waals surface area contributed by atoms with Gasteiger partial charge in [0.1, 0.15) is 17.5 Å². The molecular weight excluding hydrogens is 421 g/mol. The molecule has 4 rings (SSSR count). The Hall–Kier alpha value is -1.21. The van der Waals surface area contributed by atoms with E-state index in [4.69, 9.17) is 14.2 Å². The first-order chi connectivity index (χ1) is 15.2. The van der Waals surface area contributed by atoms with Crippen molar-refractivity contribution in [3.05, 3.63) is 35.6 Å². The summed E-state index contributed by atoms with van der Waals surface area (Å²) >= 11 is 0. The Morgan fingerprint density at radius 1 is 1.12 bits per heavy atom. The summed E-state index contributed by atoms with van der Waals surface area (Å²) in [5.74, 6) is -2.46. The van der Waals surface area contributed by atoms with Crippen LogP contribution in [0.4, 0.5) is 4.39 Å². The SMILES string of the molecule is CN[C@H]1[C@@H](O)[C@@H](NC)C[C@H]2O[C@@H]3O[C@H](C)C[C@@](O)(CNCc4ccc(F)cc4)[C@]3(O)O[C@H]12. The molecule has 180 valence electrons. The summed E-state index contributed by atoms with van der Waals surface area (Å²) in [6.07, 6.45) is -2.90. The quantitative estimate of drug-likeness (QED) is 0.327. The van der Waals surface area contributed by atoms with Crippen molar-refractivity contribution >= 4 is 0 Å². The molecule has 3 fully saturated rings. The molecule has 0 radical (unpaired) electrons. The molecule has 3 aliphatic rings. The van der Waals surface area contributed by atoms with Crippen molar-refractivity contribution in [3.8, 4) is 0 Å². The van der Waals surface area contributed by atoms with Gasteiger partial charge in [-0.1, -0.05) is 12.1 Å². The molecule has 2 saturated heterocycles. The van der Waals surface area contributed by atoms with Gasteiger partial charge in [-0.2, -0.15) is 0 Å². The van der Waals surface area contributed by atoms with Crippen LogP contribution in [0.3, 0.4) is 0 Å². The van der Waals surface area contributed by atoms with Gasteiger partial charge in [-0.25, -0.2) is 4.39 Å². The van der Waals surface area contributed by atoms with Crippen molar-refractivity contribution in [1.29, 1.82) is 0 Å². The van der Waals surface area contributed by atoms with Gasteiger partial charge in [0.2, 0.25) is 12.1 Å². The number of aliphatic hydroxyl groups is 3. The molecule has 1 saturated carbocycles. The number of likely N-dealkylation sites (N-methyl/N-ethyl adjacent to an activating group) is 2. The van der Waals surface area contributed by atoms with E-state index in [2.05, 4.69) is 16.0 Å². The molecular formula is C22H34FN3O6. The minimum atomic E-state index is -2.14. The molecule has 2 heterocycles. The fourth-order valence-electron chi connectivity index (χ4n) is 5.17. The Labute approximate surface area is 187 Å². The molecule has 10 heteroatoms. The highest BCUT2D eigenvalue weighted by atomic mass is 19.1. The second-order valence-electron chi connectivity index (χ2n) is 9.13. The summed E-state index contributed by atoms with van der Waals surface area (Å²) in [5.41, 5.74) is -0.882. The maximum absolute atomic E-state index is 13.1. The number of hydrogen-bond donors (Lipinski definition) is 6. The van der Waals surface area contributed by atoms with Gasteiger partial charge in [-0.3, -0.25) is 0 Å². The average Bonchev–Trinajstić information content (AvgIpc) is 2.75. The Bertz CT molecular complexity index is 787. The van der Waals surface area contributed by atoms with Gasteiger partial charge in [-0.05, 0) is 45.1 Å². The molecule has 0 spiro atoms. The van der Waals surface area contributed by atoms with Crippen molar-refractivity contribution in [2.45, 2.75) is 80.5 Å². The predicted molar refractivity (Wildman–Crippen MR) is 113 cm³/mol. The van der Waals surface area contributed by atoms with Crippen molar-refractivity contribution in [2.75, 3.05) is 20.6 Å². The smallest absolute Gasteiger partial charge is 0.249 e. The molecule has 0 amide bonds. The number of hydrogen-bond acceptors (Lipinski definition) is 9. The van der Waals surface area contributed by atoms with E-state index < -0.39 is 42.0 Å². The monoisotopic (exact) mass is 455 g/mol. The Balaban J connectivity index is 1.53. The second kappa shape index (κ2) is 9.21. The third kappa shape index (κ3) is 4.20. The number of benzene rings is 1. The molecule has 1 aromatic rings. The van der Waals surface area contributed by atoms with Crippen molar-refractivity contribution in [3.63, 3.8) is 0 Å². The average molecular weight is 456 g/mol. The van der Waals surface area contributed by atoms with Crippen LogP contribution >= 0.6 is 0 Å². The lowest BCUT2D eigenvalue weighted by molar-refractivity contribution is -0.477. The molecule has 1 aromatic carbocycles. The standard InChI is InChI=1S/C22H34FN3O6/c1-12-9-21(28,11-26-10-13-4-6-14(23)7-5-13)22(29)20(30-12)31-16-8-15(24-2)18(27)17(25-3)19(16)32-22/h4-7,12,15-20,24-29H,8-11H2,1-3H3/t12-,15+,16-,17+,18+,19+,20+,21-,22-/m1/s1. The Kier molecular flexibility index (Phi) is 6.88. The van der Waals surface area contributed by atoms with Crippen LogP contribution in [0.1, 0.15) is 25.3 Å². The minimum absolute atomic E-state index is 0.00224. The van der Waals surface area contributed by atoms with Gasteiger partial charge in [0, 0.05) is 25.6 Å². The Morgan fingerprint density at radius 2 is 1.84 bits per heavy atom. The van der Waals surface area contributed by atoms with E-state index >= 15 is 0 Å². The van der Waals surface area contributed by atoms with E-state index in [-0.39, 0.29) is 30.9 Å². The summed E-state index contributed by atoms with van der Waals surface area (Å²) in [6.45, 7) is 2.17. The van der Waals surface area contributed by atoms with Crippen LogP contribution in [0, 0.1) is 5.82 Å².